The van der Waals surface area contributed by atoms with Crippen molar-refractivity contribution in [3.8, 4) is 16.4 Å². The second-order valence-corrected chi connectivity index (χ2v) is 7.03. The molecule has 25 heavy (non-hydrogen) atoms. The molecule has 0 fully saturated rings. The highest BCUT2D eigenvalue weighted by atomic mass is 32.1. The molecule has 0 amide bonds. The zero-order valence-corrected chi connectivity index (χ0v) is 15.4. The van der Waals surface area contributed by atoms with Crippen molar-refractivity contribution in [1.82, 2.24) is 14.8 Å². The number of benzene rings is 2. The van der Waals surface area contributed by atoms with E-state index in [4.69, 9.17) is 10.1 Å². The average Bonchev–Trinajstić information content (AvgIpc) is 3.26. The molecule has 0 atom stereocenters. The first-order chi connectivity index (χ1) is 12.2. The SMILES string of the molecule is CCc1csc(-n2nc(-c3ccccc3)c3ccc(N(C)C)cc32)n1. The summed E-state index contributed by atoms with van der Waals surface area (Å²) in [7, 11) is 4.11. The maximum atomic E-state index is 4.92. The average molecular weight is 348 g/mol. The van der Waals surface area contributed by atoms with Crippen molar-refractivity contribution in [2.75, 3.05) is 19.0 Å². The van der Waals surface area contributed by atoms with Crippen LogP contribution in [0.15, 0.2) is 53.9 Å². The minimum Gasteiger partial charge on any atom is -0.378 e. The van der Waals surface area contributed by atoms with Gasteiger partial charge >= 0.3 is 0 Å². The van der Waals surface area contributed by atoms with Gasteiger partial charge in [-0.05, 0) is 24.6 Å². The fourth-order valence-corrected chi connectivity index (χ4v) is 3.76. The van der Waals surface area contributed by atoms with E-state index in [1.165, 1.54) is 0 Å². The predicted molar refractivity (Wildman–Crippen MR) is 106 cm³/mol. The minimum atomic E-state index is 0.917. The third-order valence-corrected chi connectivity index (χ3v) is 5.18. The van der Waals surface area contributed by atoms with Crippen LogP contribution in [0.5, 0.6) is 0 Å². The molecule has 2 aromatic heterocycles. The Balaban J connectivity index is 1.98. The number of aromatic nitrogens is 3. The molecule has 0 saturated heterocycles. The van der Waals surface area contributed by atoms with Crippen molar-refractivity contribution in [3.05, 3.63) is 59.6 Å². The molecule has 0 N–H and O–H groups in total. The lowest BCUT2D eigenvalue weighted by molar-refractivity contribution is 0.888. The van der Waals surface area contributed by atoms with Crippen LogP contribution in [0, 0.1) is 0 Å². The Hall–Kier alpha value is -2.66. The third-order valence-electron chi connectivity index (χ3n) is 4.31. The molecule has 0 aliphatic rings. The van der Waals surface area contributed by atoms with E-state index >= 15 is 0 Å². The van der Waals surface area contributed by atoms with Crippen LogP contribution in [0.1, 0.15) is 12.6 Å². The summed E-state index contributed by atoms with van der Waals surface area (Å²) >= 11 is 1.64. The molecular weight excluding hydrogens is 328 g/mol. The molecule has 5 heteroatoms. The Morgan fingerprint density at radius 1 is 1.08 bits per heavy atom. The maximum Gasteiger partial charge on any atom is 0.211 e. The van der Waals surface area contributed by atoms with Gasteiger partial charge < -0.3 is 4.90 Å². The first-order valence-corrected chi connectivity index (χ1v) is 9.25. The van der Waals surface area contributed by atoms with Crippen LogP contribution in [0.2, 0.25) is 0 Å². The first kappa shape index (κ1) is 15.8. The molecule has 4 aromatic rings. The van der Waals surface area contributed by atoms with Crippen molar-refractivity contribution < 1.29 is 0 Å². The van der Waals surface area contributed by atoms with Crippen LogP contribution in [-0.4, -0.2) is 28.9 Å². The van der Waals surface area contributed by atoms with Gasteiger partial charge in [0.15, 0.2) is 0 Å². The number of hydrogen-bond acceptors (Lipinski definition) is 4. The van der Waals surface area contributed by atoms with Crippen LogP contribution >= 0.6 is 11.3 Å². The Kier molecular flexibility index (Phi) is 4.01. The summed E-state index contributed by atoms with van der Waals surface area (Å²) in [6, 6.07) is 16.8. The number of thiazole rings is 1. The summed E-state index contributed by atoms with van der Waals surface area (Å²) in [6.07, 6.45) is 0.935. The molecule has 0 unspecified atom stereocenters. The van der Waals surface area contributed by atoms with Gasteiger partial charge in [0.1, 0.15) is 5.69 Å². The highest BCUT2D eigenvalue weighted by molar-refractivity contribution is 7.12. The standard InChI is InChI=1S/C20H20N4S/c1-4-15-13-25-20(21-15)24-18-12-16(23(2)3)10-11-17(18)19(22-24)14-8-6-5-7-9-14/h5-13H,4H2,1-3H3. The summed E-state index contributed by atoms with van der Waals surface area (Å²) in [5, 5.41) is 9.10. The van der Waals surface area contributed by atoms with Crippen molar-refractivity contribution in [3.63, 3.8) is 0 Å². The first-order valence-electron chi connectivity index (χ1n) is 8.37. The smallest absolute Gasteiger partial charge is 0.211 e. The Bertz CT molecular complexity index is 1010. The van der Waals surface area contributed by atoms with Gasteiger partial charge in [-0.1, -0.05) is 37.3 Å². The van der Waals surface area contributed by atoms with E-state index in [-0.39, 0.29) is 0 Å². The van der Waals surface area contributed by atoms with E-state index in [9.17, 15) is 0 Å². The molecule has 0 saturated carbocycles. The Labute approximate surface area is 151 Å². The number of anilines is 1. The normalized spacial score (nSPS) is 11.2. The number of nitrogens with zero attached hydrogens (tertiary/aromatic N) is 4. The Morgan fingerprint density at radius 3 is 2.56 bits per heavy atom. The lowest BCUT2D eigenvalue weighted by Gasteiger charge is -2.12. The highest BCUT2D eigenvalue weighted by Crippen LogP contribution is 2.32. The van der Waals surface area contributed by atoms with Crippen LogP contribution in [-0.2, 0) is 6.42 Å². The number of aryl methyl sites for hydroxylation is 1. The summed E-state index contributed by atoms with van der Waals surface area (Å²) in [6.45, 7) is 2.12. The monoisotopic (exact) mass is 348 g/mol. The topological polar surface area (TPSA) is 34.0 Å². The van der Waals surface area contributed by atoms with E-state index in [1.807, 2.05) is 22.9 Å². The Morgan fingerprint density at radius 2 is 1.88 bits per heavy atom. The molecule has 0 spiro atoms. The second-order valence-electron chi connectivity index (χ2n) is 6.20. The van der Waals surface area contributed by atoms with E-state index in [1.54, 1.807) is 11.3 Å². The second kappa shape index (κ2) is 6.33. The molecule has 2 heterocycles. The zero-order chi connectivity index (χ0) is 17.4. The summed E-state index contributed by atoms with van der Waals surface area (Å²) in [5.41, 5.74) is 5.46. The molecular formula is C20H20N4S. The van der Waals surface area contributed by atoms with Gasteiger partial charge in [-0.25, -0.2) is 9.67 Å². The summed E-state index contributed by atoms with van der Waals surface area (Å²) in [4.78, 5) is 6.85. The zero-order valence-electron chi connectivity index (χ0n) is 14.6. The molecule has 2 aromatic carbocycles. The molecule has 0 aliphatic carbocycles. The molecule has 0 bridgehead atoms. The van der Waals surface area contributed by atoms with Crippen molar-refractivity contribution in [2.24, 2.45) is 0 Å². The van der Waals surface area contributed by atoms with Crippen molar-refractivity contribution in [2.45, 2.75) is 13.3 Å². The highest BCUT2D eigenvalue weighted by Gasteiger charge is 2.16. The third kappa shape index (κ3) is 2.81. The van der Waals surface area contributed by atoms with E-state index in [0.29, 0.717) is 0 Å². The van der Waals surface area contributed by atoms with Gasteiger partial charge in [-0.3, -0.25) is 0 Å². The summed E-state index contributed by atoms with van der Waals surface area (Å²) in [5.74, 6) is 0. The molecule has 0 radical (unpaired) electrons. The lowest BCUT2D eigenvalue weighted by atomic mass is 10.1. The molecule has 126 valence electrons. The lowest BCUT2D eigenvalue weighted by Crippen LogP contribution is -2.08. The maximum absolute atomic E-state index is 4.92. The molecule has 0 aliphatic heterocycles. The fraction of sp³-hybridized carbons (Fsp3) is 0.200. The number of hydrogen-bond donors (Lipinski definition) is 0. The molecule has 4 nitrogen and oxygen atoms in total. The van der Waals surface area contributed by atoms with Crippen molar-refractivity contribution >= 4 is 27.9 Å². The van der Waals surface area contributed by atoms with Crippen LogP contribution in [0.3, 0.4) is 0 Å². The van der Waals surface area contributed by atoms with Gasteiger partial charge in [0, 0.05) is 36.1 Å². The van der Waals surface area contributed by atoms with E-state index in [0.717, 1.165) is 45.1 Å². The fourth-order valence-electron chi connectivity index (χ4n) is 2.89. The van der Waals surface area contributed by atoms with Gasteiger partial charge in [0.25, 0.3) is 0 Å². The van der Waals surface area contributed by atoms with Gasteiger partial charge in [0.2, 0.25) is 5.13 Å². The van der Waals surface area contributed by atoms with Gasteiger partial charge in [0.05, 0.1) is 11.2 Å². The van der Waals surface area contributed by atoms with Crippen LogP contribution < -0.4 is 4.90 Å². The van der Waals surface area contributed by atoms with Gasteiger partial charge in [-0.15, -0.1) is 11.3 Å². The number of rotatable bonds is 4. The largest absolute Gasteiger partial charge is 0.378 e. The quantitative estimate of drug-likeness (QED) is 0.532. The van der Waals surface area contributed by atoms with Crippen molar-refractivity contribution in [1.29, 1.82) is 0 Å². The summed E-state index contributed by atoms with van der Waals surface area (Å²) < 4.78 is 1.98. The van der Waals surface area contributed by atoms with Crippen LogP contribution in [0.25, 0.3) is 27.3 Å². The predicted octanol–water partition coefficient (Wildman–Crippen LogP) is 4.78. The van der Waals surface area contributed by atoms with Gasteiger partial charge in [-0.2, -0.15) is 5.10 Å². The van der Waals surface area contributed by atoms with E-state index in [2.05, 4.69) is 61.6 Å². The molecule has 4 rings (SSSR count). The van der Waals surface area contributed by atoms with E-state index < -0.39 is 0 Å². The van der Waals surface area contributed by atoms with Crippen LogP contribution in [0.4, 0.5) is 5.69 Å². The number of fused-ring (bicyclic) bond motifs is 1. The minimum absolute atomic E-state index is 0.917.